The molecule has 1 atom stereocenters. The number of hydrogen-bond donors (Lipinski definition) is 0. The molecule has 2 aromatic carbocycles. The summed E-state index contributed by atoms with van der Waals surface area (Å²) in [6, 6.07) is 18.5. The number of nitrogens with zero attached hydrogens (tertiary/aromatic N) is 1. The fourth-order valence-electron chi connectivity index (χ4n) is 3.18. The van der Waals surface area contributed by atoms with E-state index in [1.54, 1.807) is 14.0 Å². The highest BCUT2D eigenvalue weighted by Gasteiger charge is 2.18. The van der Waals surface area contributed by atoms with Gasteiger partial charge in [-0.25, -0.2) is 0 Å². The zero-order valence-electron chi connectivity index (χ0n) is 15.7. The zero-order chi connectivity index (χ0) is 18.2. The standard InChI is InChI=1S/C22H29NO2/c1-17(2)22(20-10-12-21(25-4)13-11-20)14-15-23(18(3)24)16-19-8-6-5-7-9-19/h5-13,17,22H,14-16H2,1-4H3/t22-/m0/s1. The first kappa shape index (κ1) is 19.0. The van der Waals surface area contributed by atoms with E-state index < -0.39 is 0 Å². The van der Waals surface area contributed by atoms with Gasteiger partial charge in [0.2, 0.25) is 5.91 Å². The van der Waals surface area contributed by atoms with Gasteiger partial charge in [-0.05, 0) is 41.5 Å². The second kappa shape index (κ2) is 9.26. The van der Waals surface area contributed by atoms with Crippen LogP contribution in [0, 0.1) is 5.92 Å². The van der Waals surface area contributed by atoms with Crippen molar-refractivity contribution in [3.63, 3.8) is 0 Å². The summed E-state index contributed by atoms with van der Waals surface area (Å²) in [6.07, 6.45) is 0.955. The van der Waals surface area contributed by atoms with E-state index in [0.29, 0.717) is 18.4 Å². The normalized spacial score (nSPS) is 12.0. The summed E-state index contributed by atoms with van der Waals surface area (Å²) in [5, 5.41) is 0. The van der Waals surface area contributed by atoms with Crippen LogP contribution in [0.25, 0.3) is 0 Å². The van der Waals surface area contributed by atoms with Gasteiger partial charge in [-0.1, -0.05) is 56.3 Å². The van der Waals surface area contributed by atoms with Crippen molar-refractivity contribution in [1.82, 2.24) is 4.90 Å². The van der Waals surface area contributed by atoms with Gasteiger partial charge in [-0.15, -0.1) is 0 Å². The average Bonchev–Trinajstić information content (AvgIpc) is 2.62. The van der Waals surface area contributed by atoms with Crippen LogP contribution < -0.4 is 4.74 Å². The number of carbonyl (C=O) groups excluding carboxylic acids is 1. The highest BCUT2D eigenvalue weighted by molar-refractivity contribution is 5.73. The lowest BCUT2D eigenvalue weighted by molar-refractivity contribution is -0.129. The van der Waals surface area contributed by atoms with Crippen molar-refractivity contribution in [2.24, 2.45) is 5.92 Å². The Labute approximate surface area is 151 Å². The lowest BCUT2D eigenvalue weighted by atomic mass is 9.85. The Morgan fingerprint density at radius 3 is 2.20 bits per heavy atom. The summed E-state index contributed by atoms with van der Waals surface area (Å²) in [5.41, 5.74) is 2.47. The van der Waals surface area contributed by atoms with Gasteiger partial charge in [0.15, 0.2) is 0 Å². The van der Waals surface area contributed by atoms with Crippen LogP contribution in [0.1, 0.15) is 44.2 Å². The van der Waals surface area contributed by atoms with Crippen LogP contribution in [0.2, 0.25) is 0 Å². The van der Waals surface area contributed by atoms with Crippen molar-refractivity contribution in [2.45, 2.75) is 39.7 Å². The van der Waals surface area contributed by atoms with Gasteiger partial charge in [0, 0.05) is 20.0 Å². The molecule has 0 spiro atoms. The van der Waals surface area contributed by atoms with Crippen molar-refractivity contribution in [3.8, 4) is 5.75 Å². The van der Waals surface area contributed by atoms with Crippen LogP contribution in [-0.4, -0.2) is 24.5 Å². The van der Waals surface area contributed by atoms with Gasteiger partial charge in [0.1, 0.15) is 5.75 Å². The van der Waals surface area contributed by atoms with E-state index in [9.17, 15) is 4.79 Å². The predicted molar refractivity (Wildman–Crippen MR) is 103 cm³/mol. The molecule has 0 aliphatic carbocycles. The molecule has 0 unspecified atom stereocenters. The molecular weight excluding hydrogens is 310 g/mol. The summed E-state index contributed by atoms with van der Waals surface area (Å²) in [5.74, 6) is 1.93. The molecule has 3 nitrogen and oxygen atoms in total. The van der Waals surface area contributed by atoms with Crippen molar-refractivity contribution in [1.29, 1.82) is 0 Å². The van der Waals surface area contributed by atoms with E-state index in [4.69, 9.17) is 4.74 Å². The van der Waals surface area contributed by atoms with E-state index in [1.165, 1.54) is 11.1 Å². The fraction of sp³-hybridized carbons (Fsp3) is 0.409. The van der Waals surface area contributed by atoms with Gasteiger partial charge >= 0.3 is 0 Å². The number of carbonyl (C=O) groups is 1. The zero-order valence-corrected chi connectivity index (χ0v) is 15.7. The molecule has 2 rings (SSSR count). The maximum Gasteiger partial charge on any atom is 0.219 e. The summed E-state index contributed by atoms with van der Waals surface area (Å²) < 4.78 is 5.25. The number of rotatable bonds is 8. The van der Waals surface area contributed by atoms with Gasteiger partial charge in [-0.3, -0.25) is 4.79 Å². The minimum atomic E-state index is 0.126. The molecule has 2 aromatic rings. The summed E-state index contributed by atoms with van der Waals surface area (Å²) >= 11 is 0. The van der Waals surface area contributed by atoms with E-state index in [0.717, 1.165) is 18.7 Å². The van der Waals surface area contributed by atoms with Crippen molar-refractivity contribution in [2.75, 3.05) is 13.7 Å². The molecule has 0 saturated carbocycles. The van der Waals surface area contributed by atoms with E-state index in [2.05, 4.69) is 38.1 Å². The number of benzene rings is 2. The largest absolute Gasteiger partial charge is 0.497 e. The van der Waals surface area contributed by atoms with Crippen LogP contribution in [0.4, 0.5) is 0 Å². The van der Waals surface area contributed by atoms with Gasteiger partial charge < -0.3 is 9.64 Å². The lowest BCUT2D eigenvalue weighted by Crippen LogP contribution is -2.30. The van der Waals surface area contributed by atoms with Crippen LogP contribution >= 0.6 is 0 Å². The molecule has 0 aromatic heterocycles. The first-order chi connectivity index (χ1) is 12.0. The van der Waals surface area contributed by atoms with Gasteiger partial charge in [0.25, 0.3) is 0 Å². The smallest absolute Gasteiger partial charge is 0.219 e. The maximum absolute atomic E-state index is 12.1. The topological polar surface area (TPSA) is 29.5 Å². The molecule has 0 aliphatic heterocycles. The third-order valence-electron chi connectivity index (χ3n) is 4.72. The highest BCUT2D eigenvalue weighted by atomic mass is 16.5. The SMILES string of the molecule is COc1ccc([C@@H](CCN(Cc2ccccc2)C(C)=O)C(C)C)cc1. The van der Waals surface area contributed by atoms with E-state index in [-0.39, 0.29) is 5.91 Å². The molecule has 0 aliphatic rings. The third kappa shape index (κ3) is 5.63. The predicted octanol–water partition coefficient (Wildman–Crippen LogP) is 4.87. The highest BCUT2D eigenvalue weighted by Crippen LogP contribution is 2.29. The molecule has 0 bridgehead atoms. The number of ether oxygens (including phenoxy) is 1. The molecule has 0 fully saturated rings. The van der Waals surface area contributed by atoms with Gasteiger partial charge in [-0.2, -0.15) is 0 Å². The number of amides is 1. The van der Waals surface area contributed by atoms with Crippen LogP contribution in [0.15, 0.2) is 54.6 Å². The molecule has 134 valence electrons. The second-order valence-electron chi connectivity index (χ2n) is 6.84. The van der Waals surface area contributed by atoms with Crippen molar-refractivity contribution < 1.29 is 9.53 Å². The molecular formula is C22H29NO2. The first-order valence-electron chi connectivity index (χ1n) is 8.94. The van der Waals surface area contributed by atoms with Crippen LogP contribution in [-0.2, 0) is 11.3 Å². The Morgan fingerprint density at radius 2 is 1.68 bits per heavy atom. The van der Waals surface area contributed by atoms with Crippen LogP contribution in [0.3, 0.4) is 0 Å². The molecule has 3 heteroatoms. The second-order valence-corrected chi connectivity index (χ2v) is 6.84. The Kier molecular flexibility index (Phi) is 7.05. The van der Waals surface area contributed by atoms with Crippen molar-refractivity contribution in [3.05, 3.63) is 65.7 Å². The molecule has 0 saturated heterocycles. The fourth-order valence-corrected chi connectivity index (χ4v) is 3.18. The Balaban J connectivity index is 2.05. The van der Waals surface area contributed by atoms with E-state index in [1.807, 2.05) is 35.2 Å². The van der Waals surface area contributed by atoms with E-state index >= 15 is 0 Å². The summed E-state index contributed by atoms with van der Waals surface area (Å²) in [7, 11) is 1.68. The monoisotopic (exact) mass is 339 g/mol. The Bertz CT molecular complexity index is 649. The minimum Gasteiger partial charge on any atom is -0.497 e. The molecule has 0 heterocycles. The Morgan fingerprint density at radius 1 is 1.04 bits per heavy atom. The number of hydrogen-bond acceptors (Lipinski definition) is 2. The Hall–Kier alpha value is -2.29. The molecule has 0 radical (unpaired) electrons. The third-order valence-corrected chi connectivity index (χ3v) is 4.72. The van der Waals surface area contributed by atoms with Crippen LogP contribution in [0.5, 0.6) is 5.75 Å². The average molecular weight is 339 g/mol. The van der Waals surface area contributed by atoms with Crippen molar-refractivity contribution >= 4 is 5.91 Å². The number of methoxy groups -OCH3 is 1. The molecule has 1 amide bonds. The lowest BCUT2D eigenvalue weighted by Gasteiger charge is -2.27. The molecule has 25 heavy (non-hydrogen) atoms. The minimum absolute atomic E-state index is 0.126. The molecule has 0 N–H and O–H groups in total. The summed E-state index contributed by atoms with van der Waals surface area (Å²) in [4.78, 5) is 14.0. The maximum atomic E-state index is 12.1. The quantitative estimate of drug-likeness (QED) is 0.686. The first-order valence-corrected chi connectivity index (χ1v) is 8.94. The van der Waals surface area contributed by atoms with Gasteiger partial charge in [0.05, 0.1) is 7.11 Å². The summed E-state index contributed by atoms with van der Waals surface area (Å²) in [6.45, 7) is 7.57.